The maximum Gasteiger partial charge on any atom is 0.320 e. The van der Waals surface area contributed by atoms with Crippen LogP contribution in [-0.4, -0.2) is 30.6 Å². The molecule has 74 valence electrons. The summed E-state index contributed by atoms with van der Waals surface area (Å²) in [4.78, 5) is 10.4. The van der Waals surface area contributed by atoms with Gasteiger partial charge in [-0.05, 0) is 11.4 Å². The number of carbonyl (C=O) groups is 1. The molecule has 0 aliphatic carbocycles. The van der Waals surface area contributed by atoms with Crippen molar-refractivity contribution in [3.05, 3.63) is 0 Å². The first kappa shape index (κ1) is 14.8. The lowest BCUT2D eigenvalue weighted by molar-refractivity contribution is -0.138. The maximum absolute atomic E-state index is 10.4. The molecule has 12 heavy (non-hydrogen) atoms. The topological polar surface area (TPSA) is 63.3 Å². The van der Waals surface area contributed by atoms with E-state index >= 15 is 0 Å². The number of nitrogens with two attached hydrogens (primary N) is 1. The molecule has 0 bridgehead atoms. The highest BCUT2D eigenvalue weighted by Gasteiger charge is 2.25. The molecule has 6 heteroatoms. The van der Waals surface area contributed by atoms with Crippen molar-refractivity contribution in [1.82, 2.24) is 0 Å². The van der Waals surface area contributed by atoms with Crippen LogP contribution in [0.1, 0.15) is 0 Å². The Morgan fingerprint density at radius 1 is 1.67 bits per heavy atom. The fourth-order valence-corrected chi connectivity index (χ4v) is 2.63. The molecule has 0 aromatic carbocycles. The second-order valence-electron chi connectivity index (χ2n) is 3.47. The summed E-state index contributed by atoms with van der Waals surface area (Å²) in [6, 6.07) is -0.102. The number of carboxylic acid groups (broad SMARTS) is 1. The fraction of sp³-hybridized carbons (Fsp3) is 0.833. The second-order valence-corrected chi connectivity index (χ2v) is 9.47. The first-order valence-corrected chi connectivity index (χ1v) is 7.53. The van der Waals surface area contributed by atoms with Crippen molar-refractivity contribution in [2.75, 3.05) is 5.38 Å². The Labute approximate surface area is 85.5 Å². The Balaban J connectivity index is 0. The predicted octanol–water partition coefficient (Wildman–Crippen LogP) is 0.997. The van der Waals surface area contributed by atoms with Crippen LogP contribution in [-0.2, 0) is 4.79 Å². The van der Waals surface area contributed by atoms with Crippen LogP contribution in [0, 0.1) is 0 Å². The molecule has 1 atom stereocenters. The number of halogens is 1. The Morgan fingerprint density at radius 3 is 2.33 bits per heavy atom. The smallest absolute Gasteiger partial charge is 0.320 e. The first-order chi connectivity index (χ1) is 4.89. The summed E-state index contributed by atoms with van der Waals surface area (Å²) in [5.41, 5.74) is 5.38. The molecule has 0 fully saturated rings. The minimum absolute atomic E-state index is 0. The van der Waals surface area contributed by atoms with Crippen LogP contribution < -0.4 is 5.73 Å². The highest BCUT2D eigenvalue weighted by Crippen LogP contribution is 2.12. The molecule has 0 heterocycles. The molecule has 0 aliphatic heterocycles. The first-order valence-electron chi connectivity index (χ1n) is 3.48. The molecule has 3 nitrogen and oxygen atoms in total. The predicted molar refractivity (Wildman–Crippen MR) is 59.0 cm³/mol. The number of aliphatic carboxylic acids is 1. The van der Waals surface area contributed by atoms with Crippen molar-refractivity contribution in [1.29, 1.82) is 0 Å². The lowest BCUT2D eigenvalue weighted by atomic mass is 10.4. The molecule has 0 saturated heterocycles. The molecule has 0 aromatic heterocycles. The van der Waals surface area contributed by atoms with E-state index in [9.17, 15) is 4.79 Å². The largest absolute Gasteiger partial charge is 0.480 e. The Hall–Kier alpha value is 0.287. The second kappa shape index (κ2) is 5.85. The average Bonchev–Trinajstić information content (AvgIpc) is 1.87. The third-order valence-corrected chi connectivity index (χ3v) is 6.49. The molecule has 0 amide bonds. The molecular formula is C6H16ClNO2SSi. The number of rotatable bonds is 4. The van der Waals surface area contributed by atoms with E-state index < -0.39 is 20.1 Å². The highest BCUT2D eigenvalue weighted by atomic mass is 35.5. The Bertz CT molecular complexity index is 156. The van der Waals surface area contributed by atoms with Gasteiger partial charge in [0.05, 0.1) is 8.07 Å². The van der Waals surface area contributed by atoms with E-state index in [0.717, 1.165) is 5.38 Å². The Morgan fingerprint density at radius 2 is 2.08 bits per heavy atom. The Kier molecular flexibility index (Phi) is 7.21. The van der Waals surface area contributed by atoms with Gasteiger partial charge >= 0.3 is 5.97 Å². The van der Waals surface area contributed by atoms with Gasteiger partial charge in [0.1, 0.15) is 6.04 Å². The summed E-state index contributed by atoms with van der Waals surface area (Å²) >= 11 is 4.16. The normalized spacial score (nSPS) is 13.3. The maximum atomic E-state index is 10.4. The van der Waals surface area contributed by atoms with Crippen LogP contribution >= 0.6 is 25.0 Å². The highest BCUT2D eigenvalue weighted by molar-refractivity contribution is 7.82. The van der Waals surface area contributed by atoms with Gasteiger partial charge in [-0.1, -0.05) is 13.1 Å². The molecule has 0 saturated carbocycles. The van der Waals surface area contributed by atoms with Crippen molar-refractivity contribution < 1.29 is 9.90 Å². The molecule has 0 radical (unpaired) electrons. The van der Waals surface area contributed by atoms with Gasteiger partial charge in [-0.25, -0.2) is 0 Å². The van der Waals surface area contributed by atoms with Gasteiger partial charge in [0.2, 0.25) is 0 Å². The van der Waals surface area contributed by atoms with Gasteiger partial charge in [-0.15, -0.1) is 12.4 Å². The standard InChI is InChI=1S/C6H15NO2SSi.ClH/c1-11(2,4-10)3-5(7)6(8)9;/h5,10H,3-4,7H2,1-2H3,(H,8,9);1H/t5-;/m0./s1. The van der Waals surface area contributed by atoms with Gasteiger partial charge < -0.3 is 10.8 Å². The van der Waals surface area contributed by atoms with Gasteiger partial charge in [-0.3, -0.25) is 4.79 Å². The molecule has 0 aromatic rings. The van der Waals surface area contributed by atoms with Crippen LogP contribution in [0.2, 0.25) is 19.1 Å². The number of thiol groups is 1. The van der Waals surface area contributed by atoms with Gasteiger partial charge in [0, 0.05) is 0 Å². The summed E-state index contributed by atoms with van der Waals surface area (Å²) in [6.07, 6.45) is 0. The zero-order valence-corrected chi connectivity index (χ0v) is 9.99. The van der Waals surface area contributed by atoms with Crippen molar-refractivity contribution >= 4 is 39.1 Å². The van der Waals surface area contributed by atoms with Crippen molar-refractivity contribution in [2.24, 2.45) is 5.73 Å². The summed E-state index contributed by atoms with van der Waals surface area (Å²) in [5.74, 6) is -0.910. The number of carboxylic acids is 1. The zero-order valence-electron chi connectivity index (χ0n) is 7.28. The van der Waals surface area contributed by atoms with E-state index in [1.54, 1.807) is 0 Å². The summed E-state index contributed by atoms with van der Waals surface area (Å²) < 4.78 is 0. The molecule has 0 aliphatic rings. The van der Waals surface area contributed by atoms with E-state index in [-0.39, 0.29) is 12.4 Å². The average molecular weight is 230 g/mol. The van der Waals surface area contributed by atoms with Crippen molar-refractivity contribution in [2.45, 2.75) is 25.2 Å². The molecule has 0 rings (SSSR count). The lowest BCUT2D eigenvalue weighted by Gasteiger charge is -2.21. The van der Waals surface area contributed by atoms with E-state index in [2.05, 4.69) is 25.7 Å². The SMILES string of the molecule is C[Si](C)(CS)C[C@H](N)C(=O)O.Cl. The van der Waals surface area contributed by atoms with Crippen LogP contribution in [0.25, 0.3) is 0 Å². The van der Waals surface area contributed by atoms with Crippen molar-refractivity contribution in [3.8, 4) is 0 Å². The fourth-order valence-electron chi connectivity index (χ4n) is 0.747. The number of hydrogen-bond acceptors (Lipinski definition) is 3. The van der Waals surface area contributed by atoms with Gasteiger partial charge in [0.25, 0.3) is 0 Å². The van der Waals surface area contributed by atoms with E-state index in [1.165, 1.54) is 0 Å². The third kappa shape index (κ3) is 5.88. The molecule has 0 spiro atoms. The lowest BCUT2D eigenvalue weighted by Crippen LogP contribution is -2.41. The van der Waals surface area contributed by atoms with Crippen LogP contribution in [0.4, 0.5) is 0 Å². The third-order valence-electron chi connectivity index (χ3n) is 1.52. The van der Waals surface area contributed by atoms with Crippen LogP contribution in [0.5, 0.6) is 0 Å². The monoisotopic (exact) mass is 229 g/mol. The van der Waals surface area contributed by atoms with E-state index in [0.29, 0.717) is 6.04 Å². The minimum Gasteiger partial charge on any atom is -0.480 e. The zero-order chi connectivity index (χ0) is 9.07. The van der Waals surface area contributed by atoms with E-state index in [4.69, 9.17) is 10.8 Å². The molecule has 3 N–H and O–H groups in total. The van der Waals surface area contributed by atoms with Crippen LogP contribution in [0.15, 0.2) is 0 Å². The van der Waals surface area contributed by atoms with Gasteiger partial charge in [0.15, 0.2) is 0 Å². The minimum atomic E-state index is -1.44. The van der Waals surface area contributed by atoms with Crippen LogP contribution in [0.3, 0.4) is 0 Å². The molecular weight excluding hydrogens is 214 g/mol. The summed E-state index contributed by atoms with van der Waals surface area (Å²) in [7, 11) is -1.44. The van der Waals surface area contributed by atoms with Crippen molar-refractivity contribution in [3.63, 3.8) is 0 Å². The van der Waals surface area contributed by atoms with Gasteiger partial charge in [-0.2, -0.15) is 12.6 Å². The quantitative estimate of drug-likeness (QED) is 0.498. The summed E-state index contributed by atoms with van der Waals surface area (Å²) in [6.45, 7) is 4.17. The van der Waals surface area contributed by atoms with E-state index in [1.807, 2.05) is 0 Å². The molecule has 0 unspecified atom stereocenters. The number of hydrogen-bond donors (Lipinski definition) is 3. The summed E-state index contributed by atoms with van der Waals surface area (Å²) in [5, 5.41) is 9.30.